The summed E-state index contributed by atoms with van der Waals surface area (Å²) < 4.78 is 14.9. The number of amides is 1. The van der Waals surface area contributed by atoms with Crippen molar-refractivity contribution in [1.82, 2.24) is 20.2 Å². The molecule has 0 saturated carbocycles. The van der Waals surface area contributed by atoms with Crippen molar-refractivity contribution in [2.24, 2.45) is 0 Å². The van der Waals surface area contributed by atoms with Gasteiger partial charge < -0.3 is 5.32 Å². The third kappa shape index (κ3) is 3.39. The molecule has 116 valence electrons. The first-order chi connectivity index (χ1) is 11.1. The van der Waals surface area contributed by atoms with Crippen LogP contribution in [0.3, 0.4) is 0 Å². The highest BCUT2D eigenvalue weighted by Gasteiger charge is 2.12. The Labute approximate surface area is 132 Å². The molecule has 0 atom stereocenters. The van der Waals surface area contributed by atoms with Crippen molar-refractivity contribution in [3.63, 3.8) is 0 Å². The second-order valence-electron chi connectivity index (χ2n) is 5.04. The van der Waals surface area contributed by atoms with Gasteiger partial charge in [0, 0.05) is 11.3 Å². The zero-order chi connectivity index (χ0) is 16.2. The van der Waals surface area contributed by atoms with Gasteiger partial charge in [0.05, 0.1) is 0 Å². The van der Waals surface area contributed by atoms with Gasteiger partial charge in [0.25, 0.3) is 0 Å². The lowest BCUT2D eigenvalue weighted by atomic mass is 10.2. The van der Waals surface area contributed by atoms with E-state index in [9.17, 15) is 9.18 Å². The predicted molar refractivity (Wildman–Crippen MR) is 83.0 cm³/mol. The number of hydrogen-bond acceptors (Lipinski definition) is 4. The average Bonchev–Trinajstić information content (AvgIpc) is 3.00. The third-order valence-corrected chi connectivity index (χ3v) is 3.31. The molecule has 0 bridgehead atoms. The van der Waals surface area contributed by atoms with Crippen LogP contribution in [0.25, 0.3) is 11.4 Å². The first-order valence-corrected chi connectivity index (χ1v) is 7.01. The van der Waals surface area contributed by atoms with Crippen molar-refractivity contribution < 1.29 is 9.18 Å². The largest absolute Gasteiger partial charge is 0.324 e. The number of aryl methyl sites for hydroxylation is 1. The summed E-state index contributed by atoms with van der Waals surface area (Å²) in [6.07, 6.45) is 0. The molecule has 7 heteroatoms. The first-order valence-electron chi connectivity index (χ1n) is 7.01. The number of tetrazole rings is 1. The Morgan fingerprint density at radius 1 is 1.22 bits per heavy atom. The van der Waals surface area contributed by atoms with E-state index in [4.69, 9.17) is 0 Å². The van der Waals surface area contributed by atoms with Crippen molar-refractivity contribution >= 4 is 11.6 Å². The molecule has 0 spiro atoms. The summed E-state index contributed by atoms with van der Waals surface area (Å²) in [7, 11) is 0. The topological polar surface area (TPSA) is 72.7 Å². The standard InChI is InChI=1S/C16H14FN5O/c1-11-7-8-13(9-14(11)17)18-15(23)10-22-16(19-20-21-22)12-5-3-2-4-6-12/h2-9H,10H2,1H3,(H,18,23). The summed E-state index contributed by atoms with van der Waals surface area (Å²) in [5, 5.41) is 14.0. The molecule has 3 rings (SSSR count). The number of halogens is 1. The fourth-order valence-electron chi connectivity index (χ4n) is 2.11. The number of hydrogen-bond donors (Lipinski definition) is 1. The molecular formula is C16H14FN5O. The van der Waals surface area contributed by atoms with Crippen molar-refractivity contribution in [1.29, 1.82) is 0 Å². The number of anilines is 1. The van der Waals surface area contributed by atoms with E-state index in [1.165, 1.54) is 10.7 Å². The minimum absolute atomic E-state index is 0.0628. The lowest BCUT2D eigenvalue weighted by Gasteiger charge is -2.07. The van der Waals surface area contributed by atoms with Crippen LogP contribution in [0, 0.1) is 12.7 Å². The molecule has 0 radical (unpaired) electrons. The van der Waals surface area contributed by atoms with Gasteiger partial charge in [0.1, 0.15) is 12.4 Å². The molecule has 0 aliphatic carbocycles. The zero-order valence-corrected chi connectivity index (χ0v) is 12.4. The molecule has 1 amide bonds. The van der Waals surface area contributed by atoms with Crippen molar-refractivity contribution in [3.8, 4) is 11.4 Å². The second kappa shape index (κ2) is 6.35. The van der Waals surface area contributed by atoms with Gasteiger partial charge in [-0.2, -0.15) is 0 Å². The summed E-state index contributed by atoms with van der Waals surface area (Å²) in [5.74, 6) is -0.205. The highest BCUT2D eigenvalue weighted by Crippen LogP contribution is 2.16. The summed E-state index contributed by atoms with van der Waals surface area (Å²) in [4.78, 5) is 12.1. The van der Waals surface area contributed by atoms with Crippen LogP contribution in [0.2, 0.25) is 0 Å². The number of carbonyl (C=O) groups is 1. The molecule has 0 saturated heterocycles. The van der Waals surface area contributed by atoms with E-state index < -0.39 is 0 Å². The van der Waals surface area contributed by atoms with Gasteiger partial charge in [0.2, 0.25) is 5.91 Å². The van der Waals surface area contributed by atoms with E-state index in [-0.39, 0.29) is 18.3 Å². The fraction of sp³-hybridized carbons (Fsp3) is 0.125. The third-order valence-electron chi connectivity index (χ3n) is 3.31. The molecule has 0 unspecified atom stereocenters. The van der Waals surface area contributed by atoms with Gasteiger partial charge in [-0.1, -0.05) is 36.4 Å². The van der Waals surface area contributed by atoms with Crippen molar-refractivity contribution in [3.05, 3.63) is 59.9 Å². The minimum Gasteiger partial charge on any atom is -0.324 e. The number of aromatic nitrogens is 4. The van der Waals surface area contributed by atoms with Crippen molar-refractivity contribution in [2.75, 3.05) is 5.32 Å². The van der Waals surface area contributed by atoms with Crippen LogP contribution in [-0.2, 0) is 11.3 Å². The van der Waals surface area contributed by atoms with E-state index in [0.717, 1.165) is 5.56 Å². The fourth-order valence-corrected chi connectivity index (χ4v) is 2.11. The highest BCUT2D eigenvalue weighted by molar-refractivity contribution is 5.90. The molecular weight excluding hydrogens is 297 g/mol. The zero-order valence-electron chi connectivity index (χ0n) is 12.4. The van der Waals surface area contributed by atoms with Crippen LogP contribution in [0.5, 0.6) is 0 Å². The highest BCUT2D eigenvalue weighted by atomic mass is 19.1. The Morgan fingerprint density at radius 2 is 2.00 bits per heavy atom. The van der Waals surface area contributed by atoms with Crippen LogP contribution in [0.4, 0.5) is 10.1 Å². The number of carbonyl (C=O) groups excluding carboxylic acids is 1. The van der Waals surface area contributed by atoms with Gasteiger partial charge in [0.15, 0.2) is 5.82 Å². The Balaban J connectivity index is 1.74. The summed E-state index contributed by atoms with van der Waals surface area (Å²) >= 11 is 0. The van der Waals surface area contributed by atoms with Gasteiger partial charge >= 0.3 is 0 Å². The lowest BCUT2D eigenvalue weighted by Crippen LogP contribution is -2.20. The van der Waals surface area contributed by atoms with Crippen LogP contribution >= 0.6 is 0 Å². The second-order valence-corrected chi connectivity index (χ2v) is 5.04. The molecule has 6 nitrogen and oxygen atoms in total. The maximum Gasteiger partial charge on any atom is 0.246 e. The molecule has 1 aromatic heterocycles. The van der Waals surface area contributed by atoms with Crippen LogP contribution in [0.1, 0.15) is 5.56 Å². The summed E-state index contributed by atoms with van der Waals surface area (Å²) in [5.41, 5.74) is 1.73. The Kier molecular flexibility index (Phi) is 4.09. The molecule has 1 heterocycles. The molecule has 1 N–H and O–H groups in total. The number of nitrogens with zero attached hydrogens (tertiary/aromatic N) is 4. The monoisotopic (exact) mass is 311 g/mol. The predicted octanol–water partition coefficient (Wildman–Crippen LogP) is 2.43. The van der Waals surface area contributed by atoms with Crippen LogP contribution in [-0.4, -0.2) is 26.1 Å². The number of benzene rings is 2. The molecule has 2 aromatic carbocycles. The molecule has 0 fully saturated rings. The van der Waals surface area contributed by atoms with E-state index in [1.807, 2.05) is 30.3 Å². The van der Waals surface area contributed by atoms with Crippen LogP contribution < -0.4 is 5.32 Å². The molecule has 3 aromatic rings. The van der Waals surface area contributed by atoms with E-state index in [1.54, 1.807) is 19.1 Å². The number of rotatable bonds is 4. The quantitative estimate of drug-likeness (QED) is 0.803. The lowest BCUT2D eigenvalue weighted by molar-refractivity contribution is -0.116. The maximum atomic E-state index is 13.5. The summed E-state index contributed by atoms with van der Waals surface area (Å²) in [6.45, 7) is 1.60. The van der Waals surface area contributed by atoms with E-state index in [2.05, 4.69) is 20.8 Å². The van der Waals surface area contributed by atoms with E-state index >= 15 is 0 Å². The van der Waals surface area contributed by atoms with E-state index in [0.29, 0.717) is 17.1 Å². The molecule has 0 aliphatic rings. The van der Waals surface area contributed by atoms with Crippen LogP contribution in [0.15, 0.2) is 48.5 Å². The smallest absolute Gasteiger partial charge is 0.246 e. The SMILES string of the molecule is Cc1ccc(NC(=O)Cn2nnnc2-c2ccccc2)cc1F. The normalized spacial score (nSPS) is 10.5. The average molecular weight is 311 g/mol. The molecule has 23 heavy (non-hydrogen) atoms. The Morgan fingerprint density at radius 3 is 2.74 bits per heavy atom. The maximum absolute atomic E-state index is 13.5. The summed E-state index contributed by atoms with van der Waals surface area (Å²) in [6, 6.07) is 13.9. The van der Waals surface area contributed by atoms with Crippen molar-refractivity contribution in [2.45, 2.75) is 13.5 Å². The first kappa shape index (κ1) is 14.8. The van der Waals surface area contributed by atoms with Gasteiger partial charge in [-0.25, -0.2) is 9.07 Å². The Hall–Kier alpha value is -3.09. The molecule has 0 aliphatic heterocycles. The van der Waals surface area contributed by atoms with Gasteiger partial charge in [-0.05, 0) is 35.0 Å². The van der Waals surface area contributed by atoms with Gasteiger partial charge in [-0.3, -0.25) is 4.79 Å². The number of nitrogens with one attached hydrogen (secondary N) is 1. The Bertz CT molecular complexity index is 831. The minimum atomic E-state index is -0.366. The van der Waals surface area contributed by atoms with Gasteiger partial charge in [-0.15, -0.1) is 5.10 Å².